The van der Waals surface area contributed by atoms with Gasteiger partial charge in [0.2, 0.25) is 0 Å². The number of aliphatic hydroxyl groups is 1. The molecule has 1 N–H and O–H groups in total. The average Bonchev–Trinajstić information content (AvgIpc) is 3.40. The van der Waals surface area contributed by atoms with Gasteiger partial charge in [-0.25, -0.2) is 4.39 Å². The molecule has 0 atom stereocenters. The second-order valence-electron chi connectivity index (χ2n) is 7.97. The molecule has 6 nitrogen and oxygen atoms in total. The number of aliphatic hydroxyl groups excluding tert-OH is 1. The Hall–Kier alpha value is -3.22. The number of rotatable bonds is 6. The van der Waals surface area contributed by atoms with E-state index in [2.05, 4.69) is 0 Å². The molecule has 0 amide bonds. The summed E-state index contributed by atoms with van der Waals surface area (Å²) in [6, 6.07) is 9.41. The van der Waals surface area contributed by atoms with E-state index < -0.39 is 23.1 Å². The van der Waals surface area contributed by atoms with Crippen LogP contribution in [-0.2, 0) is 24.7 Å². The summed E-state index contributed by atoms with van der Waals surface area (Å²) in [5.41, 5.74) is 0.596. The number of carbonyl (C=O) groups excluding carboxylic acids is 3. The van der Waals surface area contributed by atoms with Gasteiger partial charge in [0.1, 0.15) is 16.9 Å². The van der Waals surface area contributed by atoms with Crippen LogP contribution in [-0.4, -0.2) is 33.8 Å². The van der Waals surface area contributed by atoms with Gasteiger partial charge in [-0.05, 0) is 61.7 Å². The Balaban J connectivity index is 1.79. The lowest BCUT2D eigenvalue weighted by Crippen LogP contribution is -2.46. The number of ether oxygens (including phenoxy) is 1. The van der Waals surface area contributed by atoms with Crippen LogP contribution in [0.25, 0.3) is 17.0 Å². The third-order valence-corrected chi connectivity index (χ3v) is 6.15. The molecule has 0 unspecified atom stereocenters. The van der Waals surface area contributed by atoms with Gasteiger partial charge in [-0.3, -0.25) is 14.4 Å². The van der Waals surface area contributed by atoms with E-state index in [4.69, 9.17) is 4.74 Å². The lowest BCUT2D eigenvalue weighted by Gasteiger charge is -2.37. The maximum Gasteiger partial charge on any atom is 0.306 e. The molecule has 0 radical (unpaired) electrons. The molecule has 1 aliphatic carbocycles. The monoisotopic (exact) mass is 425 g/mol. The van der Waals surface area contributed by atoms with Crippen molar-refractivity contribution in [3.05, 3.63) is 53.5 Å². The normalized spacial score (nSPS) is 17.2. The molecule has 1 saturated carbocycles. The topological polar surface area (TPSA) is 85.6 Å². The van der Waals surface area contributed by atoms with Crippen molar-refractivity contribution in [2.45, 2.75) is 51.0 Å². The number of benzene rings is 1. The number of hydrogen-bond acceptors (Lipinski definition) is 5. The molecule has 162 valence electrons. The standard InChI is InChI=1S/C24H24FNO5/c1-2-31-20(28)12-11-19(27)21-22(29)18-10-9-17(15-5-7-16(25)8-6-15)26(18)24(23(21)30)13-3-4-14-24/h5-10,29H,2-4,11-14H2,1H3. The third kappa shape index (κ3) is 3.48. The molecule has 1 aromatic heterocycles. The second-order valence-corrected chi connectivity index (χ2v) is 7.97. The number of ketones is 2. The predicted molar refractivity (Wildman–Crippen MR) is 112 cm³/mol. The summed E-state index contributed by atoms with van der Waals surface area (Å²) in [5.74, 6) is -2.22. The summed E-state index contributed by atoms with van der Waals surface area (Å²) >= 11 is 0. The number of esters is 1. The molecule has 1 spiro atoms. The van der Waals surface area contributed by atoms with Gasteiger partial charge in [-0.2, -0.15) is 0 Å². The summed E-state index contributed by atoms with van der Waals surface area (Å²) in [6.07, 6.45) is 2.37. The molecule has 1 aromatic carbocycles. The largest absolute Gasteiger partial charge is 0.505 e. The van der Waals surface area contributed by atoms with E-state index in [1.807, 2.05) is 4.57 Å². The van der Waals surface area contributed by atoms with Crippen molar-refractivity contribution >= 4 is 23.3 Å². The van der Waals surface area contributed by atoms with Gasteiger partial charge in [0.05, 0.1) is 18.7 Å². The number of nitrogens with zero attached hydrogens (tertiary/aromatic N) is 1. The van der Waals surface area contributed by atoms with Crippen LogP contribution < -0.4 is 0 Å². The highest BCUT2D eigenvalue weighted by Gasteiger charge is 2.51. The van der Waals surface area contributed by atoms with Crippen molar-refractivity contribution < 1.29 is 28.6 Å². The van der Waals surface area contributed by atoms with Gasteiger partial charge in [0.15, 0.2) is 17.3 Å². The number of halogens is 1. The first-order chi connectivity index (χ1) is 14.9. The molecule has 1 fully saturated rings. The molecule has 1 aliphatic heterocycles. The van der Waals surface area contributed by atoms with E-state index in [0.717, 1.165) is 18.4 Å². The molecule has 7 heteroatoms. The van der Waals surface area contributed by atoms with Crippen LogP contribution in [0.2, 0.25) is 0 Å². The third-order valence-electron chi connectivity index (χ3n) is 6.15. The molecule has 31 heavy (non-hydrogen) atoms. The minimum atomic E-state index is -0.969. The van der Waals surface area contributed by atoms with Crippen molar-refractivity contribution in [2.75, 3.05) is 6.61 Å². The molecule has 2 heterocycles. The van der Waals surface area contributed by atoms with E-state index in [9.17, 15) is 23.9 Å². The van der Waals surface area contributed by atoms with Gasteiger partial charge >= 0.3 is 5.97 Å². The summed E-state index contributed by atoms with van der Waals surface area (Å²) < 4.78 is 20.1. The highest BCUT2D eigenvalue weighted by atomic mass is 19.1. The average molecular weight is 425 g/mol. The van der Waals surface area contributed by atoms with Crippen molar-refractivity contribution in [1.29, 1.82) is 0 Å². The Labute approximate surface area is 179 Å². The van der Waals surface area contributed by atoms with Crippen LogP contribution in [0.1, 0.15) is 51.1 Å². The quantitative estimate of drug-likeness (QED) is 0.550. The number of aromatic nitrogens is 1. The molecular weight excluding hydrogens is 401 g/mol. The lowest BCUT2D eigenvalue weighted by molar-refractivity contribution is -0.144. The van der Waals surface area contributed by atoms with Crippen molar-refractivity contribution in [3.63, 3.8) is 0 Å². The van der Waals surface area contributed by atoms with E-state index in [1.54, 1.807) is 31.2 Å². The van der Waals surface area contributed by atoms with Crippen LogP contribution in [0.15, 0.2) is 42.0 Å². The zero-order valence-electron chi connectivity index (χ0n) is 17.3. The molecule has 2 aliphatic rings. The molecule has 0 bridgehead atoms. The van der Waals surface area contributed by atoms with Crippen LogP contribution in [0.3, 0.4) is 0 Å². The fourth-order valence-electron chi connectivity index (χ4n) is 4.74. The summed E-state index contributed by atoms with van der Waals surface area (Å²) in [5, 5.41) is 10.9. The van der Waals surface area contributed by atoms with Gasteiger partial charge in [-0.15, -0.1) is 0 Å². The Bertz CT molecular complexity index is 1070. The predicted octanol–water partition coefficient (Wildman–Crippen LogP) is 4.33. The van der Waals surface area contributed by atoms with Gasteiger partial charge in [-0.1, -0.05) is 12.8 Å². The summed E-state index contributed by atoms with van der Waals surface area (Å²) in [6.45, 7) is 1.89. The van der Waals surface area contributed by atoms with E-state index in [0.29, 0.717) is 24.2 Å². The van der Waals surface area contributed by atoms with Crippen molar-refractivity contribution in [2.24, 2.45) is 0 Å². The van der Waals surface area contributed by atoms with Crippen molar-refractivity contribution in [3.8, 4) is 11.3 Å². The summed E-state index contributed by atoms with van der Waals surface area (Å²) in [7, 11) is 0. The molecule has 4 rings (SSSR count). The number of hydrogen-bond donors (Lipinski definition) is 1. The SMILES string of the molecule is CCOC(=O)CCC(=O)C1=C(O)c2ccc(-c3ccc(F)cc3)n2C2(CCCC2)C1=O. The Morgan fingerprint density at radius 3 is 2.35 bits per heavy atom. The Morgan fingerprint density at radius 2 is 1.71 bits per heavy atom. The highest BCUT2D eigenvalue weighted by Crippen LogP contribution is 2.48. The van der Waals surface area contributed by atoms with Gasteiger partial charge < -0.3 is 14.4 Å². The highest BCUT2D eigenvalue weighted by molar-refractivity contribution is 6.28. The fourth-order valence-corrected chi connectivity index (χ4v) is 4.74. The smallest absolute Gasteiger partial charge is 0.306 e. The van der Waals surface area contributed by atoms with E-state index in [1.165, 1.54) is 12.1 Å². The lowest BCUT2D eigenvalue weighted by atomic mass is 9.80. The first-order valence-electron chi connectivity index (χ1n) is 10.5. The second kappa shape index (κ2) is 8.13. The van der Waals surface area contributed by atoms with Crippen LogP contribution in [0, 0.1) is 5.82 Å². The maximum absolute atomic E-state index is 13.6. The van der Waals surface area contributed by atoms with Crippen molar-refractivity contribution in [1.82, 2.24) is 4.57 Å². The maximum atomic E-state index is 13.6. The molecule has 2 aromatic rings. The Morgan fingerprint density at radius 1 is 1.06 bits per heavy atom. The number of allylic oxidation sites excluding steroid dienone is 1. The minimum Gasteiger partial charge on any atom is -0.505 e. The van der Waals surface area contributed by atoms with E-state index >= 15 is 0 Å². The summed E-state index contributed by atoms with van der Waals surface area (Å²) in [4.78, 5) is 38.2. The first kappa shape index (κ1) is 21.0. The zero-order valence-corrected chi connectivity index (χ0v) is 17.3. The molecule has 0 saturated heterocycles. The van der Waals surface area contributed by atoms with Crippen LogP contribution in [0.4, 0.5) is 4.39 Å². The minimum absolute atomic E-state index is 0.147. The van der Waals surface area contributed by atoms with Crippen LogP contribution >= 0.6 is 0 Å². The zero-order chi connectivity index (χ0) is 22.2. The first-order valence-corrected chi connectivity index (χ1v) is 10.5. The van der Waals surface area contributed by atoms with Crippen LogP contribution in [0.5, 0.6) is 0 Å². The number of fused-ring (bicyclic) bond motifs is 2. The Kier molecular flexibility index (Phi) is 5.52. The fraction of sp³-hybridized carbons (Fsp3) is 0.375. The number of Topliss-reactive ketones (excluding diaryl/α,β-unsaturated/α-hetero) is 2. The van der Waals surface area contributed by atoms with Gasteiger partial charge in [0.25, 0.3) is 0 Å². The van der Waals surface area contributed by atoms with E-state index in [-0.39, 0.29) is 36.6 Å². The number of carbonyl (C=O) groups is 3. The van der Waals surface area contributed by atoms with Gasteiger partial charge in [0, 0.05) is 12.1 Å². The molecular formula is C24H24FNO5.